The zero-order valence-corrected chi connectivity index (χ0v) is 15.8. The monoisotopic (exact) mass is 368 g/mol. The van der Waals surface area contributed by atoms with Gasteiger partial charge in [0.1, 0.15) is 5.75 Å². The van der Waals surface area contributed by atoms with E-state index in [9.17, 15) is 9.59 Å². The molecular weight excluding hydrogens is 348 g/mol. The highest BCUT2D eigenvalue weighted by Gasteiger charge is 2.13. The second kappa shape index (κ2) is 7.66. The van der Waals surface area contributed by atoms with E-state index in [0.717, 1.165) is 28.4 Å². The number of hydrogen-bond acceptors (Lipinski definition) is 6. The van der Waals surface area contributed by atoms with Crippen molar-refractivity contribution in [3.63, 3.8) is 0 Å². The Bertz CT molecular complexity index is 943. The standard InChI is InChI=1S/C20H20N2O3S/c1-4-22(5-2)20-21-17-11-10-16(12-18(17)26-20)25-19(24)15-8-6-14(7-9-15)13(3)23/h6-12H,4-5H2,1-3H3. The number of anilines is 1. The van der Waals surface area contributed by atoms with Gasteiger partial charge in [0, 0.05) is 24.7 Å². The van der Waals surface area contributed by atoms with E-state index in [1.54, 1.807) is 41.7 Å². The maximum atomic E-state index is 12.3. The van der Waals surface area contributed by atoms with Gasteiger partial charge in [0.15, 0.2) is 10.9 Å². The highest BCUT2D eigenvalue weighted by molar-refractivity contribution is 7.22. The predicted octanol–water partition coefficient (Wildman–Crippen LogP) is 4.56. The van der Waals surface area contributed by atoms with E-state index in [1.165, 1.54) is 6.92 Å². The summed E-state index contributed by atoms with van der Waals surface area (Å²) in [6, 6.07) is 11.9. The van der Waals surface area contributed by atoms with E-state index < -0.39 is 5.97 Å². The second-order valence-electron chi connectivity index (χ2n) is 5.82. The molecule has 0 N–H and O–H groups in total. The zero-order chi connectivity index (χ0) is 18.7. The van der Waals surface area contributed by atoms with Crippen molar-refractivity contribution in [3.05, 3.63) is 53.6 Å². The topological polar surface area (TPSA) is 59.5 Å². The Morgan fingerprint density at radius 1 is 1.04 bits per heavy atom. The minimum atomic E-state index is -0.451. The Kier molecular flexibility index (Phi) is 5.32. The summed E-state index contributed by atoms with van der Waals surface area (Å²) in [6.07, 6.45) is 0. The lowest BCUT2D eigenvalue weighted by Crippen LogP contribution is -2.21. The number of aromatic nitrogens is 1. The highest BCUT2D eigenvalue weighted by Crippen LogP contribution is 2.31. The molecule has 0 aliphatic heterocycles. The van der Waals surface area contributed by atoms with Gasteiger partial charge in [-0.15, -0.1) is 0 Å². The van der Waals surface area contributed by atoms with Crippen LogP contribution in [0.25, 0.3) is 10.2 Å². The van der Waals surface area contributed by atoms with Crippen LogP contribution in [0.4, 0.5) is 5.13 Å². The average molecular weight is 368 g/mol. The summed E-state index contributed by atoms with van der Waals surface area (Å²) in [5.74, 6) is -0.00889. The molecule has 6 heteroatoms. The summed E-state index contributed by atoms with van der Waals surface area (Å²) in [6.45, 7) is 7.48. The molecule has 1 heterocycles. The lowest BCUT2D eigenvalue weighted by Gasteiger charge is -2.16. The van der Waals surface area contributed by atoms with E-state index >= 15 is 0 Å². The second-order valence-corrected chi connectivity index (χ2v) is 6.83. The number of benzene rings is 2. The Balaban J connectivity index is 1.79. The van der Waals surface area contributed by atoms with Crippen molar-refractivity contribution in [1.82, 2.24) is 4.98 Å². The average Bonchev–Trinajstić information content (AvgIpc) is 3.05. The third kappa shape index (κ3) is 3.75. The molecule has 0 atom stereocenters. The number of esters is 1. The smallest absolute Gasteiger partial charge is 0.343 e. The minimum Gasteiger partial charge on any atom is -0.423 e. The number of ether oxygens (including phenoxy) is 1. The largest absolute Gasteiger partial charge is 0.423 e. The minimum absolute atomic E-state index is 0.0374. The zero-order valence-electron chi connectivity index (χ0n) is 15.0. The van der Waals surface area contributed by atoms with Crippen LogP contribution in [0.15, 0.2) is 42.5 Å². The number of ketones is 1. The van der Waals surface area contributed by atoms with Gasteiger partial charge in [-0.05, 0) is 45.0 Å². The van der Waals surface area contributed by atoms with Crippen LogP contribution in [0.3, 0.4) is 0 Å². The Hall–Kier alpha value is -2.73. The SMILES string of the molecule is CCN(CC)c1nc2ccc(OC(=O)c3ccc(C(C)=O)cc3)cc2s1. The van der Waals surface area contributed by atoms with Gasteiger partial charge in [-0.2, -0.15) is 0 Å². The summed E-state index contributed by atoms with van der Waals surface area (Å²) >= 11 is 1.58. The number of nitrogens with zero attached hydrogens (tertiary/aromatic N) is 2. The first-order valence-corrected chi connectivity index (χ1v) is 9.32. The molecule has 26 heavy (non-hydrogen) atoms. The number of carbonyl (C=O) groups excluding carboxylic acids is 2. The van der Waals surface area contributed by atoms with Crippen LogP contribution < -0.4 is 9.64 Å². The molecule has 0 aliphatic carbocycles. The summed E-state index contributed by atoms with van der Waals surface area (Å²) in [7, 11) is 0. The molecule has 3 rings (SSSR count). The van der Waals surface area contributed by atoms with E-state index in [1.807, 2.05) is 12.1 Å². The van der Waals surface area contributed by atoms with Gasteiger partial charge < -0.3 is 9.64 Å². The van der Waals surface area contributed by atoms with Crippen LogP contribution >= 0.6 is 11.3 Å². The fraction of sp³-hybridized carbons (Fsp3) is 0.250. The Labute approximate surface area is 156 Å². The summed E-state index contributed by atoms with van der Waals surface area (Å²) in [4.78, 5) is 30.4. The van der Waals surface area contributed by atoms with Gasteiger partial charge in [0.25, 0.3) is 0 Å². The fourth-order valence-electron chi connectivity index (χ4n) is 2.59. The molecule has 0 unspecified atom stereocenters. The quantitative estimate of drug-likeness (QED) is 0.362. The molecule has 0 saturated carbocycles. The van der Waals surface area contributed by atoms with Crippen molar-refractivity contribution in [3.8, 4) is 5.75 Å². The van der Waals surface area contributed by atoms with Crippen molar-refractivity contribution in [2.75, 3.05) is 18.0 Å². The van der Waals surface area contributed by atoms with Gasteiger partial charge in [-0.1, -0.05) is 23.5 Å². The fourth-order valence-corrected chi connectivity index (χ4v) is 3.71. The number of rotatable bonds is 6. The van der Waals surface area contributed by atoms with Crippen LogP contribution in [0.1, 0.15) is 41.5 Å². The Morgan fingerprint density at radius 2 is 1.69 bits per heavy atom. The summed E-state index contributed by atoms with van der Waals surface area (Å²) in [5, 5.41) is 0.966. The molecular formula is C20H20N2O3S. The predicted molar refractivity (Wildman–Crippen MR) is 105 cm³/mol. The molecule has 0 saturated heterocycles. The maximum Gasteiger partial charge on any atom is 0.343 e. The normalized spacial score (nSPS) is 10.7. The summed E-state index contributed by atoms with van der Waals surface area (Å²) < 4.78 is 6.45. The first-order chi connectivity index (χ1) is 12.5. The molecule has 0 amide bonds. The molecule has 0 bridgehead atoms. The van der Waals surface area contributed by atoms with Gasteiger partial charge in [0.05, 0.1) is 15.8 Å². The van der Waals surface area contributed by atoms with E-state index in [2.05, 4.69) is 23.7 Å². The van der Waals surface area contributed by atoms with Gasteiger partial charge >= 0.3 is 5.97 Å². The van der Waals surface area contributed by atoms with Crippen LogP contribution in [0, 0.1) is 0 Å². The molecule has 3 aromatic rings. The molecule has 0 fully saturated rings. The van der Waals surface area contributed by atoms with Gasteiger partial charge in [-0.25, -0.2) is 9.78 Å². The first kappa shape index (κ1) is 18.1. The molecule has 134 valence electrons. The van der Waals surface area contributed by atoms with Crippen LogP contribution in [-0.2, 0) is 0 Å². The lowest BCUT2D eigenvalue weighted by atomic mass is 10.1. The molecule has 0 radical (unpaired) electrons. The lowest BCUT2D eigenvalue weighted by molar-refractivity contribution is 0.0734. The van der Waals surface area contributed by atoms with Crippen molar-refractivity contribution >= 4 is 38.4 Å². The number of thiazole rings is 1. The van der Waals surface area contributed by atoms with Crippen molar-refractivity contribution in [2.45, 2.75) is 20.8 Å². The number of fused-ring (bicyclic) bond motifs is 1. The van der Waals surface area contributed by atoms with E-state index in [4.69, 9.17) is 4.74 Å². The molecule has 0 spiro atoms. The Morgan fingerprint density at radius 3 is 2.31 bits per heavy atom. The first-order valence-electron chi connectivity index (χ1n) is 8.50. The number of hydrogen-bond donors (Lipinski definition) is 0. The van der Waals surface area contributed by atoms with Crippen LogP contribution in [0.2, 0.25) is 0 Å². The number of Topliss-reactive ketones (excluding diaryl/α,β-unsaturated/α-hetero) is 1. The molecule has 0 aliphatic rings. The molecule has 2 aromatic carbocycles. The number of carbonyl (C=O) groups is 2. The summed E-state index contributed by atoms with van der Waals surface area (Å²) in [5.41, 5.74) is 1.86. The van der Waals surface area contributed by atoms with Gasteiger partial charge in [-0.3, -0.25) is 4.79 Å². The van der Waals surface area contributed by atoms with Crippen molar-refractivity contribution < 1.29 is 14.3 Å². The van der Waals surface area contributed by atoms with Crippen LogP contribution in [0.5, 0.6) is 5.75 Å². The molecule has 5 nitrogen and oxygen atoms in total. The third-order valence-electron chi connectivity index (χ3n) is 4.12. The van der Waals surface area contributed by atoms with E-state index in [-0.39, 0.29) is 5.78 Å². The van der Waals surface area contributed by atoms with Crippen LogP contribution in [-0.4, -0.2) is 29.8 Å². The van der Waals surface area contributed by atoms with E-state index in [0.29, 0.717) is 16.9 Å². The third-order valence-corrected chi connectivity index (χ3v) is 5.20. The maximum absolute atomic E-state index is 12.3. The van der Waals surface area contributed by atoms with Crippen molar-refractivity contribution in [2.24, 2.45) is 0 Å². The molecule has 1 aromatic heterocycles. The van der Waals surface area contributed by atoms with Crippen molar-refractivity contribution in [1.29, 1.82) is 0 Å². The van der Waals surface area contributed by atoms with Gasteiger partial charge in [0.2, 0.25) is 0 Å². The highest BCUT2D eigenvalue weighted by atomic mass is 32.1.